The van der Waals surface area contributed by atoms with Crippen molar-refractivity contribution in [2.24, 2.45) is 17.6 Å². The van der Waals surface area contributed by atoms with Gasteiger partial charge in [-0.15, -0.1) is 12.4 Å². The van der Waals surface area contributed by atoms with Crippen molar-refractivity contribution < 1.29 is 64.0 Å². The molecule has 20 nitrogen and oxygen atoms in total. The summed E-state index contributed by atoms with van der Waals surface area (Å²) in [4.78, 5) is 99.8. The molecule has 0 spiro atoms. The first-order chi connectivity index (χ1) is 58.7. The number of hydrogen-bond donors (Lipinski definition) is 2. The van der Waals surface area contributed by atoms with Crippen molar-refractivity contribution in [3.05, 3.63) is 228 Å². The van der Waals surface area contributed by atoms with E-state index in [-0.39, 0.29) is 112 Å². The summed E-state index contributed by atoms with van der Waals surface area (Å²) in [5, 5.41) is 10.1. The van der Waals surface area contributed by atoms with Crippen molar-refractivity contribution in [2.45, 2.75) is 323 Å². The summed E-state index contributed by atoms with van der Waals surface area (Å²) in [6.07, 6.45) is 44.1. The first-order valence-electron chi connectivity index (χ1n) is 45.9. The number of aliphatic carboxylic acids is 1. The molecule has 9 aromatic rings. The van der Waals surface area contributed by atoms with Gasteiger partial charge in [-0.3, -0.25) is 43.5 Å². The summed E-state index contributed by atoms with van der Waals surface area (Å²) < 4.78 is 15.7. The number of carboxylic acids is 1. The Morgan fingerprint density at radius 2 is 0.642 bits per heavy atom. The van der Waals surface area contributed by atoms with Crippen molar-refractivity contribution in [3.8, 4) is 0 Å². The van der Waals surface area contributed by atoms with Gasteiger partial charge in [0.15, 0.2) is 5.15 Å². The fourth-order valence-electron chi connectivity index (χ4n) is 23.1. The van der Waals surface area contributed by atoms with Gasteiger partial charge in [-0.25, -0.2) is 15.0 Å². The third-order valence-corrected chi connectivity index (χ3v) is 28.8. The Morgan fingerprint density at radius 1 is 0.366 bits per heavy atom. The van der Waals surface area contributed by atoms with Crippen LogP contribution in [0.15, 0.2) is 178 Å². The van der Waals surface area contributed by atoms with Gasteiger partial charge in [-0.1, -0.05) is 235 Å². The number of rotatable bonds is 19. The minimum Gasteiger partial charge on any atom is -0.870 e. The predicted molar refractivity (Wildman–Crippen MR) is 486 cm³/mol. The molecule has 4 N–H and O–H groups in total. The molecule has 6 bridgehead atoms. The van der Waals surface area contributed by atoms with E-state index in [9.17, 15) is 33.9 Å². The number of para-hydroxylation sites is 6. The number of carboxylic acid groups (broad SMARTS) is 1. The zero-order chi connectivity index (χ0) is 83.0. The molecular formula is C100H129Cl2N10NaO10. The van der Waals surface area contributed by atoms with Crippen LogP contribution in [0.4, 0.5) is 0 Å². The number of carbonyl (C=O) groups excluding carboxylic acids is 2. The van der Waals surface area contributed by atoms with E-state index in [0.717, 1.165) is 94.4 Å². The summed E-state index contributed by atoms with van der Waals surface area (Å²) in [5.74, 6) is -2.71. The summed E-state index contributed by atoms with van der Waals surface area (Å²) in [7, 11) is 2.76. The van der Waals surface area contributed by atoms with Gasteiger partial charge in [0.1, 0.15) is 17.4 Å². The topological polar surface area (TPSA) is 260 Å². The number of methoxy groups -OCH3 is 2. The van der Waals surface area contributed by atoms with Crippen LogP contribution in [-0.4, -0.2) is 146 Å². The molecule has 6 saturated heterocycles. The second-order valence-electron chi connectivity index (χ2n) is 36.2. The van der Waals surface area contributed by atoms with Crippen LogP contribution >= 0.6 is 24.0 Å². The molecule has 3 unspecified atom stereocenters. The second kappa shape index (κ2) is 45.8. The first kappa shape index (κ1) is 94.7. The van der Waals surface area contributed by atoms with E-state index in [1.54, 1.807) is 0 Å². The number of nitrogens with zero attached hydrogens (tertiary/aromatic N) is 9. The number of esters is 2. The summed E-state index contributed by atoms with van der Waals surface area (Å²) in [6.45, 7) is 0. The van der Waals surface area contributed by atoms with Gasteiger partial charge in [0.05, 0.1) is 59.2 Å². The third-order valence-electron chi connectivity index (χ3n) is 28.6. The van der Waals surface area contributed by atoms with Gasteiger partial charge in [-0.05, 0) is 188 Å². The monoisotopic (exact) mass is 1720 g/mol. The molecule has 123 heavy (non-hydrogen) atoms. The molecule has 654 valence electrons. The van der Waals surface area contributed by atoms with E-state index in [0.29, 0.717) is 79.0 Å². The van der Waals surface area contributed by atoms with E-state index in [2.05, 4.69) is 29.0 Å². The Kier molecular flexibility index (Phi) is 35.2. The van der Waals surface area contributed by atoms with Crippen molar-refractivity contribution >= 4 is 75.0 Å². The van der Waals surface area contributed by atoms with Crippen LogP contribution in [-0.2, 0) is 56.0 Å². The van der Waals surface area contributed by atoms with Gasteiger partial charge in [-0.2, -0.15) is 0 Å². The zero-order valence-electron chi connectivity index (χ0n) is 72.7. The molecule has 6 aliphatic heterocycles. The van der Waals surface area contributed by atoms with Gasteiger partial charge >= 0.3 is 47.5 Å². The average Bonchev–Trinajstić information content (AvgIpc) is 1.73. The van der Waals surface area contributed by atoms with Crippen LogP contribution in [0, 0.1) is 11.8 Å². The van der Waals surface area contributed by atoms with Crippen molar-refractivity contribution in [1.29, 1.82) is 0 Å². The third kappa shape index (κ3) is 23.1. The Bertz CT molecular complexity index is 5040. The SMILES string of the molecule is COC(=O)[C@@H](N)Cc1ccccc1.COC(=O)[C@H](Cc1ccccc1)Cc1nc2ccccc2n(C2C[C@H]3CC[C@@H](C2)N3C2CCCCCCC2)c1=O.Cl.O=C(O)[C@H](Cc1ccccc1)Cc1nc2ccccc2n(C2C[C@H]3CC[C@@H](C2)N3C2CCCCCCC2)c1=O.O=c1c(Cl)nc2ccccc2n1C1C[C@H]2CC[C@@H](C1)N2C1CCCCCCC1.[Na+].[OH-]. The maximum Gasteiger partial charge on any atom is 1.00 e. The molecule has 9 aliphatic rings. The molecule has 18 rings (SSSR count). The van der Waals surface area contributed by atoms with E-state index in [4.69, 9.17) is 32.0 Å². The minimum absolute atomic E-state index is 0. The smallest absolute Gasteiger partial charge is 0.870 e. The van der Waals surface area contributed by atoms with Crippen LogP contribution in [0.25, 0.3) is 33.1 Å². The number of aromatic nitrogens is 6. The molecular weight excluding hydrogens is 1600 g/mol. The standard InChI is InChI=1S/C34H43N3O3.C33H41N3O3.C23H30ClN3O.C10H13NO2.ClH.Na.H2O/c1-40-34(39)25(20-24-12-6-5-7-13-24)21-31-33(38)37(32-17-11-10-16-30(32)35-31)29-22-27-18-19-28(23-29)36(27)26-14-8-3-2-4-9-15-26;37-32-30(20-24(33(38)39)19-23-11-5-4-6-12-23)34-29-15-9-10-16-31(29)36(32)28-21-26-17-18-27(22-28)35(26)25-13-7-2-1-3-8-14-25;24-22-23(28)27(21-11-7-6-10-20(21)25-22)19-14-17-12-13-18(15-19)26(17)16-8-4-2-1-3-5-9-16;1-13-10(12)9(11)7-8-5-3-2-4-6-8;;;/h5-7,10-13,16-17,25-29H,2-4,8-9,14-15,18-23H2,1H3;4-6,9-12,15-16,24-28H,1-3,7-8,13-14,17-22H2,(H,38,39);6-7,10-11,16-19H,1-5,8-9,12-15H2;2-6,9H,7,11H2,1H3;1H;;1H2/q;;;;;+1;/p-1/t25-,27-,28+,29?;24-,26-,27+,28?;17-,18+,19?;9-;;;/m11.0.../s1. The maximum absolute atomic E-state index is 14.2. The molecule has 23 heteroatoms. The van der Waals surface area contributed by atoms with E-state index in [1.807, 2.05) is 173 Å². The van der Waals surface area contributed by atoms with Crippen molar-refractivity contribution in [3.63, 3.8) is 0 Å². The van der Waals surface area contributed by atoms with Crippen LogP contribution in [0.3, 0.4) is 0 Å². The fraction of sp³-hybridized carbons (Fsp3) is 0.550. The van der Waals surface area contributed by atoms with Crippen LogP contribution in [0.2, 0.25) is 5.15 Å². The second-order valence-corrected chi connectivity index (χ2v) is 36.6. The summed E-state index contributed by atoms with van der Waals surface area (Å²) in [6, 6.07) is 58.6. The molecule has 12 atom stereocenters. The van der Waals surface area contributed by atoms with Crippen molar-refractivity contribution in [2.75, 3.05) is 14.2 Å². The predicted octanol–water partition coefficient (Wildman–Crippen LogP) is 15.7. The molecule has 9 heterocycles. The molecule has 6 aromatic carbocycles. The number of fused-ring (bicyclic) bond motifs is 9. The molecule has 0 radical (unpaired) electrons. The van der Waals surface area contributed by atoms with Gasteiger partial charge < -0.3 is 39.5 Å². The first-order valence-corrected chi connectivity index (χ1v) is 46.3. The number of ether oxygens (including phenoxy) is 2. The van der Waals surface area contributed by atoms with Gasteiger partial charge in [0.25, 0.3) is 16.7 Å². The number of benzene rings is 6. The summed E-state index contributed by atoms with van der Waals surface area (Å²) in [5.41, 5.74) is 14.4. The van der Waals surface area contributed by atoms with E-state index in [1.165, 1.54) is 188 Å². The number of nitrogens with two attached hydrogens (primary N) is 1. The quantitative estimate of drug-likeness (QED) is 0.0563. The van der Waals surface area contributed by atoms with Crippen LogP contribution in [0.5, 0.6) is 0 Å². The summed E-state index contributed by atoms with van der Waals surface area (Å²) >= 11 is 6.23. The largest absolute Gasteiger partial charge is 1.00 e. The Labute approximate surface area is 759 Å². The number of hydrogen-bond acceptors (Lipinski definition) is 16. The Morgan fingerprint density at radius 3 is 0.967 bits per heavy atom. The minimum atomic E-state index is -0.884. The van der Waals surface area contributed by atoms with Crippen LogP contribution in [0.1, 0.15) is 258 Å². The molecule has 0 amide bonds. The zero-order valence-corrected chi connectivity index (χ0v) is 76.2. The fourth-order valence-corrected chi connectivity index (χ4v) is 23.3. The van der Waals surface area contributed by atoms with E-state index < -0.39 is 23.8 Å². The Balaban J connectivity index is 0.000000157. The molecule has 3 saturated carbocycles. The van der Waals surface area contributed by atoms with Crippen LogP contribution < -0.4 is 52.0 Å². The number of piperidine rings is 3. The van der Waals surface area contributed by atoms with Gasteiger partial charge in [0.2, 0.25) is 0 Å². The molecule has 3 aliphatic carbocycles. The molecule has 9 fully saturated rings. The number of halogens is 2. The normalized spacial score (nSPS) is 24.1. The number of carbonyl (C=O) groups is 3. The molecule has 3 aromatic heterocycles. The van der Waals surface area contributed by atoms with Gasteiger partial charge in [0, 0.05) is 85.3 Å². The van der Waals surface area contributed by atoms with E-state index >= 15 is 0 Å². The van der Waals surface area contributed by atoms with Crippen molar-refractivity contribution in [1.82, 2.24) is 43.4 Å². The maximum atomic E-state index is 14.2. The Hall–Kier alpha value is -7.47. The average molecular weight is 1730 g/mol.